The van der Waals surface area contributed by atoms with Crippen LogP contribution >= 0.6 is 0 Å². The molecule has 7 nitrogen and oxygen atoms in total. The monoisotopic (exact) mass is 522 g/mol. The number of fused-ring (bicyclic) bond motifs is 2. The molecule has 0 bridgehead atoms. The van der Waals surface area contributed by atoms with Crippen molar-refractivity contribution in [3.8, 4) is 11.3 Å². The van der Waals surface area contributed by atoms with Gasteiger partial charge in [0.05, 0.1) is 30.7 Å². The predicted octanol–water partition coefficient (Wildman–Crippen LogP) is 5.08. The van der Waals surface area contributed by atoms with Crippen LogP contribution in [0.5, 0.6) is 0 Å². The summed E-state index contributed by atoms with van der Waals surface area (Å²) in [6, 6.07) is 10.9. The van der Waals surface area contributed by atoms with E-state index in [0.29, 0.717) is 44.3 Å². The van der Waals surface area contributed by atoms with E-state index in [2.05, 4.69) is 15.6 Å². The lowest BCUT2D eigenvalue weighted by Crippen LogP contribution is -2.25. The molecule has 5 heterocycles. The number of hydrogen-bond acceptors (Lipinski definition) is 6. The van der Waals surface area contributed by atoms with Crippen LogP contribution in [0.2, 0.25) is 0 Å². The fourth-order valence-corrected chi connectivity index (χ4v) is 5.48. The fourth-order valence-electron chi connectivity index (χ4n) is 5.48. The molecule has 3 aromatic heterocycles. The lowest BCUT2D eigenvalue weighted by Gasteiger charge is -2.21. The molecule has 2 aliphatic heterocycles. The summed E-state index contributed by atoms with van der Waals surface area (Å²) < 4.78 is 47.1. The van der Waals surface area contributed by atoms with Gasteiger partial charge in [0.15, 0.2) is 0 Å². The summed E-state index contributed by atoms with van der Waals surface area (Å²) in [6.45, 7) is 2.74. The van der Waals surface area contributed by atoms with Crippen molar-refractivity contribution in [2.75, 3.05) is 32.1 Å². The summed E-state index contributed by atoms with van der Waals surface area (Å²) in [5, 5.41) is 6.91. The average molecular weight is 523 g/mol. The van der Waals surface area contributed by atoms with Gasteiger partial charge in [0.2, 0.25) is 0 Å². The van der Waals surface area contributed by atoms with Gasteiger partial charge in [-0.2, -0.15) is 0 Å². The molecule has 2 N–H and O–H groups in total. The minimum atomic E-state index is -2.40. The van der Waals surface area contributed by atoms with Gasteiger partial charge in [-0.05, 0) is 48.4 Å². The largest absolute Gasteiger partial charge is 0.381 e. The molecule has 38 heavy (non-hydrogen) atoms. The highest BCUT2D eigenvalue weighted by Gasteiger charge is 2.24. The highest BCUT2D eigenvalue weighted by molar-refractivity contribution is 5.75. The molecule has 1 fully saturated rings. The molecule has 0 saturated carbocycles. The van der Waals surface area contributed by atoms with Gasteiger partial charge in [-0.15, -0.1) is 0 Å². The zero-order valence-corrected chi connectivity index (χ0v) is 21.1. The van der Waals surface area contributed by atoms with Gasteiger partial charge in [0.1, 0.15) is 17.3 Å². The Morgan fingerprint density at radius 3 is 2.87 bits per heavy atom. The molecule has 0 aliphatic carbocycles. The van der Waals surface area contributed by atoms with Gasteiger partial charge >= 0.3 is 0 Å². The summed E-state index contributed by atoms with van der Waals surface area (Å²) in [6.07, 6.45) is 1.96. The minimum absolute atomic E-state index is 0.221. The van der Waals surface area contributed by atoms with Gasteiger partial charge < -0.3 is 15.4 Å². The number of pyridine rings is 2. The van der Waals surface area contributed by atoms with Gasteiger partial charge in [-0.1, -0.05) is 12.1 Å². The average Bonchev–Trinajstić information content (AvgIpc) is 3.65. The van der Waals surface area contributed by atoms with E-state index in [4.69, 9.17) is 9.72 Å². The van der Waals surface area contributed by atoms with E-state index in [1.807, 2.05) is 28.7 Å². The first kappa shape index (κ1) is 24.8. The number of nitrogens with zero attached hydrogens (tertiary/aromatic N) is 4. The van der Waals surface area contributed by atoms with Crippen LogP contribution in [0.15, 0.2) is 48.8 Å². The van der Waals surface area contributed by atoms with Crippen LogP contribution in [0.25, 0.3) is 16.9 Å². The van der Waals surface area contributed by atoms with Crippen molar-refractivity contribution >= 4 is 17.2 Å². The Kier molecular flexibility index (Phi) is 6.77. The number of anilines is 2. The molecule has 0 amide bonds. The third kappa shape index (κ3) is 4.87. The van der Waals surface area contributed by atoms with Crippen molar-refractivity contribution in [2.24, 2.45) is 0 Å². The van der Waals surface area contributed by atoms with E-state index in [9.17, 15) is 13.2 Å². The first-order valence-electron chi connectivity index (χ1n) is 12.8. The van der Waals surface area contributed by atoms with E-state index in [1.165, 1.54) is 12.1 Å². The molecule has 0 spiro atoms. The van der Waals surface area contributed by atoms with Gasteiger partial charge in [0, 0.05) is 55.7 Å². The number of benzene rings is 1. The third-order valence-electron chi connectivity index (χ3n) is 7.30. The summed E-state index contributed by atoms with van der Waals surface area (Å²) in [7, 11) is 1.69. The first-order chi connectivity index (χ1) is 18.5. The summed E-state index contributed by atoms with van der Waals surface area (Å²) in [4.78, 5) is 10.9. The Morgan fingerprint density at radius 2 is 2.05 bits per heavy atom. The van der Waals surface area contributed by atoms with Gasteiger partial charge in [-0.3, -0.25) is 9.30 Å². The van der Waals surface area contributed by atoms with Crippen LogP contribution in [0, 0.1) is 5.82 Å². The van der Waals surface area contributed by atoms with Gasteiger partial charge in [0.25, 0.3) is 6.43 Å². The van der Waals surface area contributed by atoms with E-state index in [0.717, 1.165) is 45.7 Å². The minimum Gasteiger partial charge on any atom is -0.381 e. The second-order valence-electron chi connectivity index (χ2n) is 9.94. The summed E-state index contributed by atoms with van der Waals surface area (Å²) in [5.74, 6) is 0.568. The Labute approximate surface area is 218 Å². The van der Waals surface area contributed by atoms with Crippen LogP contribution in [-0.2, 0) is 24.4 Å². The summed E-state index contributed by atoms with van der Waals surface area (Å²) >= 11 is 0. The molecular formula is C28H29F3N6O. The van der Waals surface area contributed by atoms with E-state index in [-0.39, 0.29) is 18.3 Å². The maximum Gasteiger partial charge on any atom is 0.251 e. The van der Waals surface area contributed by atoms with Crippen LogP contribution in [0.3, 0.4) is 0 Å². The maximum absolute atomic E-state index is 13.7. The van der Waals surface area contributed by atoms with Crippen molar-refractivity contribution in [1.29, 1.82) is 0 Å². The normalized spacial score (nSPS) is 17.2. The fraction of sp³-hybridized carbons (Fsp3) is 0.357. The highest BCUT2D eigenvalue weighted by Crippen LogP contribution is 2.36. The number of rotatable bonds is 8. The molecule has 1 saturated heterocycles. The zero-order chi connectivity index (χ0) is 26.2. The lowest BCUT2D eigenvalue weighted by molar-refractivity contribution is 0.0968. The molecular weight excluding hydrogens is 493 g/mol. The smallest absolute Gasteiger partial charge is 0.251 e. The third-order valence-corrected chi connectivity index (χ3v) is 7.30. The van der Waals surface area contributed by atoms with Crippen LogP contribution in [0.4, 0.5) is 24.7 Å². The van der Waals surface area contributed by atoms with Crippen molar-refractivity contribution in [2.45, 2.75) is 38.4 Å². The SMILES string of the molecule is CN(Cc1nc(Nc2ccc(-c3cnc4cc(F)ccn34)c3c2CNC3)ccc1[C@@H]1CCOC1)CC(F)F. The van der Waals surface area contributed by atoms with Crippen LogP contribution < -0.4 is 10.6 Å². The van der Waals surface area contributed by atoms with E-state index in [1.54, 1.807) is 24.3 Å². The maximum atomic E-state index is 13.7. The molecule has 0 radical (unpaired) electrons. The molecule has 198 valence electrons. The number of nitrogens with one attached hydrogen (secondary N) is 2. The van der Waals surface area contributed by atoms with Crippen molar-refractivity contribution in [3.63, 3.8) is 0 Å². The second kappa shape index (κ2) is 10.4. The Balaban J connectivity index is 1.32. The van der Waals surface area contributed by atoms with E-state index >= 15 is 0 Å². The predicted molar refractivity (Wildman–Crippen MR) is 139 cm³/mol. The lowest BCUT2D eigenvalue weighted by atomic mass is 9.96. The number of ether oxygens (including phenoxy) is 1. The van der Waals surface area contributed by atoms with E-state index < -0.39 is 6.43 Å². The zero-order valence-electron chi connectivity index (χ0n) is 21.1. The molecule has 2 aliphatic rings. The molecule has 0 unspecified atom stereocenters. The summed E-state index contributed by atoms with van der Waals surface area (Å²) in [5.41, 5.74) is 7.56. The Morgan fingerprint density at radius 1 is 1.18 bits per heavy atom. The quantitative estimate of drug-likeness (QED) is 0.336. The number of aromatic nitrogens is 3. The number of halogens is 3. The van der Waals surface area contributed by atoms with Crippen molar-refractivity contribution < 1.29 is 17.9 Å². The highest BCUT2D eigenvalue weighted by atomic mass is 19.3. The van der Waals surface area contributed by atoms with Crippen LogP contribution in [-0.4, -0.2) is 52.5 Å². The second-order valence-corrected chi connectivity index (χ2v) is 9.94. The van der Waals surface area contributed by atoms with Crippen molar-refractivity contribution in [3.05, 3.63) is 77.0 Å². The molecule has 4 aromatic rings. The first-order valence-corrected chi connectivity index (χ1v) is 12.8. The number of hydrogen-bond donors (Lipinski definition) is 2. The number of alkyl halides is 2. The Bertz CT molecular complexity index is 1470. The van der Waals surface area contributed by atoms with Crippen LogP contribution in [0.1, 0.15) is 34.7 Å². The molecule has 6 rings (SSSR count). The number of imidazole rings is 1. The Hall–Kier alpha value is -3.47. The van der Waals surface area contributed by atoms with Crippen molar-refractivity contribution in [1.82, 2.24) is 24.6 Å². The molecule has 1 atom stereocenters. The van der Waals surface area contributed by atoms with Gasteiger partial charge in [-0.25, -0.2) is 23.1 Å². The standard InChI is InChI=1S/C28H29F3N6O/c1-36(15-26(30)31)14-24-19(17-7-9-38-16-17)3-5-27(35-24)34-23-4-2-20(21-11-32-12-22(21)23)25-13-33-28-10-18(29)6-8-37(25)28/h2-6,8,10,13,17,26,32H,7,9,11-12,14-16H2,1H3,(H,34,35)/t17-/m1/s1. The molecule has 1 aromatic carbocycles. The molecule has 10 heteroatoms. The topological polar surface area (TPSA) is 66.7 Å².